The van der Waals surface area contributed by atoms with Crippen LogP contribution in [0.1, 0.15) is 24.4 Å². The van der Waals surface area contributed by atoms with Crippen LogP contribution in [0, 0.1) is 11.3 Å². The normalized spacial score (nSPS) is 18.1. The van der Waals surface area contributed by atoms with Gasteiger partial charge in [0.1, 0.15) is 6.04 Å². The highest BCUT2D eigenvalue weighted by atomic mass is 35.5. The monoisotopic (exact) mass is 249 g/mol. The van der Waals surface area contributed by atoms with Crippen LogP contribution in [-0.4, -0.2) is 12.5 Å². The Bertz CT molecular complexity index is 495. The minimum absolute atomic E-state index is 0.125. The molecule has 4 nitrogen and oxygen atoms in total. The maximum Gasteiger partial charge on any atom is 0.248 e. The molecule has 0 aromatic heterocycles. The summed E-state index contributed by atoms with van der Waals surface area (Å²) in [6, 6.07) is 6.69. The molecule has 1 aliphatic heterocycles. The quantitative estimate of drug-likeness (QED) is 0.833. The lowest BCUT2D eigenvalue weighted by Crippen LogP contribution is -2.32. The van der Waals surface area contributed by atoms with E-state index in [9.17, 15) is 4.79 Å². The average Bonchev–Trinajstić information content (AvgIpc) is 2.54. The van der Waals surface area contributed by atoms with Gasteiger partial charge < -0.3 is 10.6 Å². The van der Waals surface area contributed by atoms with Gasteiger partial charge in [0.25, 0.3) is 0 Å². The Morgan fingerprint density at radius 1 is 1.53 bits per heavy atom. The number of hydrogen-bond donors (Lipinski definition) is 1. The third-order valence-corrected chi connectivity index (χ3v) is 3.05. The van der Waals surface area contributed by atoms with Crippen molar-refractivity contribution >= 4 is 23.2 Å². The number of anilines is 1. The van der Waals surface area contributed by atoms with Crippen molar-refractivity contribution in [3.63, 3.8) is 0 Å². The van der Waals surface area contributed by atoms with Gasteiger partial charge in [0.15, 0.2) is 0 Å². The molecular weight excluding hydrogens is 238 g/mol. The van der Waals surface area contributed by atoms with E-state index >= 15 is 0 Å². The molecule has 0 aliphatic carbocycles. The van der Waals surface area contributed by atoms with Crippen molar-refractivity contribution in [2.24, 2.45) is 5.73 Å². The molecule has 5 heteroatoms. The highest BCUT2D eigenvalue weighted by Crippen LogP contribution is 2.36. The number of nitrogens with zero attached hydrogens (tertiary/aromatic N) is 2. The molecule has 1 aliphatic rings. The van der Waals surface area contributed by atoms with Crippen molar-refractivity contribution in [3.8, 4) is 6.07 Å². The SMILES string of the molecule is N#CCCCN1C(=O)C(N)c2cc(Cl)ccc21. The summed E-state index contributed by atoms with van der Waals surface area (Å²) in [7, 11) is 0. The number of halogens is 1. The number of unbranched alkanes of at least 4 members (excludes halogenated alkanes) is 1. The van der Waals surface area contributed by atoms with Crippen LogP contribution >= 0.6 is 11.6 Å². The number of carbonyl (C=O) groups excluding carboxylic acids is 1. The number of nitriles is 1. The van der Waals surface area contributed by atoms with Crippen LogP contribution in [0.15, 0.2) is 18.2 Å². The molecule has 17 heavy (non-hydrogen) atoms. The molecule has 0 radical (unpaired) electrons. The fourth-order valence-electron chi connectivity index (χ4n) is 1.99. The molecule has 1 atom stereocenters. The number of amides is 1. The molecule has 0 bridgehead atoms. The van der Waals surface area contributed by atoms with E-state index in [0.717, 1.165) is 11.3 Å². The molecule has 1 amide bonds. The summed E-state index contributed by atoms with van der Waals surface area (Å²) in [5.74, 6) is -0.125. The number of nitrogens with two attached hydrogens (primary N) is 1. The smallest absolute Gasteiger partial charge is 0.248 e. The molecule has 1 aromatic carbocycles. The Morgan fingerprint density at radius 2 is 2.29 bits per heavy atom. The first kappa shape index (κ1) is 11.9. The Kier molecular flexibility index (Phi) is 3.32. The van der Waals surface area contributed by atoms with E-state index in [1.807, 2.05) is 0 Å². The summed E-state index contributed by atoms with van der Waals surface area (Å²) in [6.07, 6.45) is 1.08. The van der Waals surface area contributed by atoms with Gasteiger partial charge in [-0.25, -0.2) is 0 Å². The lowest BCUT2D eigenvalue weighted by molar-refractivity contribution is -0.119. The summed E-state index contributed by atoms with van der Waals surface area (Å²) in [5.41, 5.74) is 7.41. The Labute approximate surface area is 105 Å². The van der Waals surface area contributed by atoms with E-state index < -0.39 is 6.04 Å². The van der Waals surface area contributed by atoms with Gasteiger partial charge in [-0.2, -0.15) is 5.26 Å². The van der Waals surface area contributed by atoms with Gasteiger partial charge in [0.2, 0.25) is 5.91 Å². The first-order chi connectivity index (χ1) is 8.15. The zero-order valence-corrected chi connectivity index (χ0v) is 9.94. The molecule has 0 saturated heterocycles. The molecule has 1 heterocycles. The first-order valence-electron chi connectivity index (χ1n) is 5.38. The number of hydrogen-bond acceptors (Lipinski definition) is 3. The van der Waals surface area contributed by atoms with Gasteiger partial charge in [-0.1, -0.05) is 11.6 Å². The van der Waals surface area contributed by atoms with E-state index in [1.165, 1.54) is 0 Å². The number of carbonyl (C=O) groups is 1. The van der Waals surface area contributed by atoms with Crippen molar-refractivity contribution in [2.45, 2.75) is 18.9 Å². The molecule has 0 spiro atoms. The van der Waals surface area contributed by atoms with Crippen LogP contribution < -0.4 is 10.6 Å². The van der Waals surface area contributed by atoms with Gasteiger partial charge in [0, 0.05) is 29.2 Å². The third kappa shape index (κ3) is 2.12. The van der Waals surface area contributed by atoms with Crippen molar-refractivity contribution < 1.29 is 4.79 Å². The molecule has 88 valence electrons. The lowest BCUT2D eigenvalue weighted by Gasteiger charge is -2.16. The molecule has 2 N–H and O–H groups in total. The van der Waals surface area contributed by atoms with Crippen molar-refractivity contribution in [1.29, 1.82) is 5.26 Å². The highest BCUT2D eigenvalue weighted by Gasteiger charge is 2.34. The van der Waals surface area contributed by atoms with Crippen molar-refractivity contribution in [3.05, 3.63) is 28.8 Å². The van der Waals surface area contributed by atoms with Crippen LogP contribution in [0.4, 0.5) is 5.69 Å². The first-order valence-corrected chi connectivity index (χ1v) is 5.76. The largest absolute Gasteiger partial charge is 0.316 e. The molecule has 1 aromatic rings. The summed E-state index contributed by atoms with van der Waals surface area (Å²) >= 11 is 5.88. The zero-order valence-electron chi connectivity index (χ0n) is 9.19. The van der Waals surface area contributed by atoms with E-state index in [0.29, 0.717) is 24.4 Å². The minimum Gasteiger partial charge on any atom is -0.316 e. The molecule has 0 saturated carbocycles. The minimum atomic E-state index is -0.634. The van der Waals surface area contributed by atoms with Crippen LogP contribution in [0.25, 0.3) is 0 Å². The molecule has 1 unspecified atom stereocenters. The second kappa shape index (κ2) is 4.74. The number of fused-ring (bicyclic) bond motifs is 1. The van der Waals surface area contributed by atoms with Crippen LogP contribution in [0.2, 0.25) is 5.02 Å². The second-order valence-corrected chi connectivity index (χ2v) is 4.37. The van der Waals surface area contributed by atoms with E-state index in [1.54, 1.807) is 23.1 Å². The predicted molar refractivity (Wildman–Crippen MR) is 65.6 cm³/mol. The summed E-state index contributed by atoms with van der Waals surface area (Å²) in [6.45, 7) is 0.523. The Hall–Kier alpha value is -1.57. The van der Waals surface area contributed by atoms with Crippen LogP contribution in [-0.2, 0) is 4.79 Å². The molecule has 0 fully saturated rings. The van der Waals surface area contributed by atoms with Crippen LogP contribution in [0.3, 0.4) is 0 Å². The molecule has 2 rings (SSSR count). The fourth-order valence-corrected chi connectivity index (χ4v) is 2.17. The number of benzene rings is 1. The van der Waals surface area contributed by atoms with Crippen molar-refractivity contribution in [2.75, 3.05) is 11.4 Å². The highest BCUT2D eigenvalue weighted by molar-refractivity contribution is 6.31. The lowest BCUT2D eigenvalue weighted by atomic mass is 10.1. The van der Waals surface area contributed by atoms with Crippen LogP contribution in [0.5, 0.6) is 0 Å². The van der Waals surface area contributed by atoms with Gasteiger partial charge in [0.05, 0.1) is 6.07 Å². The standard InChI is InChI=1S/C12H12ClN3O/c13-8-3-4-10-9(7-8)11(15)12(17)16(10)6-2-1-5-14/h3-4,7,11H,1-2,6,15H2. The number of rotatable bonds is 3. The molecular formula is C12H12ClN3O. The van der Waals surface area contributed by atoms with Gasteiger partial charge in [-0.05, 0) is 24.6 Å². The maximum absolute atomic E-state index is 11.9. The summed E-state index contributed by atoms with van der Waals surface area (Å²) in [5, 5.41) is 9.07. The predicted octanol–water partition coefficient (Wildman–Crippen LogP) is 1.99. The van der Waals surface area contributed by atoms with Gasteiger partial charge in [-0.3, -0.25) is 4.79 Å². The zero-order chi connectivity index (χ0) is 12.4. The van der Waals surface area contributed by atoms with Crippen molar-refractivity contribution in [1.82, 2.24) is 0 Å². The fraction of sp³-hybridized carbons (Fsp3) is 0.333. The Balaban J connectivity index is 2.26. The van der Waals surface area contributed by atoms with Gasteiger partial charge in [-0.15, -0.1) is 0 Å². The second-order valence-electron chi connectivity index (χ2n) is 3.93. The summed E-state index contributed by atoms with van der Waals surface area (Å²) < 4.78 is 0. The Morgan fingerprint density at radius 3 is 3.00 bits per heavy atom. The average molecular weight is 250 g/mol. The summed E-state index contributed by atoms with van der Waals surface area (Å²) in [4.78, 5) is 13.6. The van der Waals surface area contributed by atoms with E-state index in [-0.39, 0.29) is 5.91 Å². The van der Waals surface area contributed by atoms with Gasteiger partial charge >= 0.3 is 0 Å². The third-order valence-electron chi connectivity index (χ3n) is 2.82. The van der Waals surface area contributed by atoms with E-state index in [4.69, 9.17) is 22.6 Å². The topological polar surface area (TPSA) is 70.1 Å². The maximum atomic E-state index is 11.9. The van der Waals surface area contributed by atoms with E-state index in [2.05, 4.69) is 6.07 Å².